The average molecular weight is 468 g/mol. The van der Waals surface area contributed by atoms with Gasteiger partial charge in [0, 0.05) is 36.8 Å². The van der Waals surface area contributed by atoms with Crippen molar-refractivity contribution in [2.45, 2.75) is 44.5 Å². The molecule has 9 heteroatoms. The smallest absolute Gasteiger partial charge is 0.417 e. The van der Waals surface area contributed by atoms with Gasteiger partial charge in [0.2, 0.25) is 5.88 Å². The Kier molecular flexibility index (Phi) is 5.71. The second kappa shape index (κ2) is 8.70. The van der Waals surface area contributed by atoms with E-state index in [-0.39, 0.29) is 29.9 Å². The number of nitrogens with zero attached hydrogens (tertiary/aromatic N) is 4. The number of piperidine rings is 2. The zero-order valence-electron chi connectivity index (χ0n) is 18.5. The fraction of sp³-hybridized carbons (Fsp3) is 0.360. The molecule has 0 spiro atoms. The maximum absolute atomic E-state index is 13.7. The number of aryl methyl sites for hydroxylation is 1. The van der Waals surface area contributed by atoms with Crippen LogP contribution in [0.2, 0.25) is 0 Å². The van der Waals surface area contributed by atoms with E-state index in [4.69, 9.17) is 4.74 Å². The highest BCUT2D eigenvalue weighted by Crippen LogP contribution is 2.39. The van der Waals surface area contributed by atoms with Crippen LogP contribution in [0.15, 0.2) is 55.0 Å². The summed E-state index contributed by atoms with van der Waals surface area (Å²) in [5.41, 5.74) is 1.81. The Labute approximate surface area is 194 Å². The van der Waals surface area contributed by atoms with Crippen molar-refractivity contribution < 1.29 is 22.7 Å². The Balaban J connectivity index is 1.40. The molecule has 0 N–H and O–H groups in total. The first-order valence-corrected chi connectivity index (χ1v) is 11.2. The van der Waals surface area contributed by atoms with E-state index in [2.05, 4.69) is 15.0 Å². The minimum Gasteiger partial charge on any atom is -0.472 e. The fourth-order valence-corrected chi connectivity index (χ4v) is 4.96. The van der Waals surface area contributed by atoms with Gasteiger partial charge in [-0.3, -0.25) is 14.8 Å². The van der Waals surface area contributed by atoms with Gasteiger partial charge in [-0.25, -0.2) is 4.98 Å². The first-order chi connectivity index (χ1) is 16.3. The van der Waals surface area contributed by atoms with Crippen LogP contribution in [-0.2, 0) is 6.18 Å². The molecule has 6 rings (SSSR count). The largest absolute Gasteiger partial charge is 0.472 e. The molecule has 1 aliphatic carbocycles. The summed E-state index contributed by atoms with van der Waals surface area (Å²) in [7, 11) is 0. The van der Waals surface area contributed by atoms with Crippen LogP contribution in [0.25, 0.3) is 11.3 Å². The molecule has 3 atom stereocenters. The lowest BCUT2D eigenvalue weighted by molar-refractivity contribution is -0.137. The number of hydrogen-bond donors (Lipinski definition) is 0. The molecule has 0 aromatic carbocycles. The first-order valence-electron chi connectivity index (χ1n) is 11.2. The fourth-order valence-electron chi connectivity index (χ4n) is 4.96. The SMILES string of the molecule is Cc1ccnc(C(=O)N2CC3CC[C@H]2[C@H](Oc2ccc(C(F)(F)F)cn2)C3)c1-c1ccccn1. The van der Waals surface area contributed by atoms with Crippen molar-refractivity contribution in [3.63, 3.8) is 0 Å². The third-order valence-corrected chi connectivity index (χ3v) is 6.60. The third kappa shape index (κ3) is 4.22. The molecule has 6 nitrogen and oxygen atoms in total. The molecule has 1 amide bonds. The number of fused-ring (bicyclic) bond motifs is 3. The van der Waals surface area contributed by atoms with E-state index < -0.39 is 11.7 Å². The lowest BCUT2D eigenvalue weighted by Crippen LogP contribution is -2.59. The molecule has 5 heterocycles. The number of pyridine rings is 3. The van der Waals surface area contributed by atoms with E-state index in [1.54, 1.807) is 17.3 Å². The van der Waals surface area contributed by atoms with Crippen LogP contribution in [0.1, 0.15) is 40.9 Å². The summed E-state index contributed by atoms with van der Waals surface area (Å²) in [6, 6.07) is 9.38. The zero-order chi connectivity index (χ0) is 23.9. The van der Waals surface area contributed by atoms with Crippen LogP contribution < -0.4 is 4.74 Å². The van der Waals surface area contributed by atoms with Gasteiger partial charge in [0.15, 0.2) is 0 Å². The average Bonchev–Trinajstić information content (AvgIpc) is 2.84. The molecule has 1 unspecified atom stereocenters. The molecule has 2 aliphatic heterocycles. The van der Waals surface area contributed by atoms with Gasteiger partial charge in [-0.1, -0.05) is 6.07 Å². The standard InChI is InChI=1S/C25H23F3N4O2/c1-15-9-11-30-23(22(15)18-4-2-3-10-29-18)24(33)32-14-16-5-7-19(32)20(12-16)34-21-8-6-17(13-31-21)25(26,27)28/h2-4,6,8-11,13,16,19-20H,5,7,12,14H2,1H3/t16?,19-,20+/m0/s1. The van der Waals surface area contributed by atoms with Gasteiger partial charge in [0.25, 0.3) is 5.91 Å². The maximum atomic E-state index is 13.7. The van der Waals surface area contributed by atoms with Gasteiger partial charge in [-0.2, -0.15) is 13.2 Å². The van der Waals surface area contributed by atoms with E-state index >= 15 is 0 Å². The number of hydrogen-bond acceptors (Lipinski definition) is 5. The molecule has 3 aromatic heterocycles. The minimum absolute atomic E-state index is 0.126. The highest BCUT2D eigenvalue weighted by Gasteiger charge is 2.45. The molecule has 1 saturated carbocycles. The number of halogens is 3. The summed E-state index contributed by atoms with van der Waals surface area (Å²) in [6.07, 6.45) is 1.74. The molecule has 3 aliphatic rings. The zero-order valence-corrected chi connectivity index (χ0v) is 18.5. The van der Waals surface area contributed by atoms with Gasteiger partial charge in [0.1, 0.15) is 11.8 Å². The number of carbonyl (C=O) groups excluding carboxylic acids is 1. The Hall–Kier alpha value is -3.49. The van der Waals surface area contributed by atoms with Gasteiger partial charge >= 0.3 is 6.18 Å². The van der Waals surface area contributed by atoms with E-state index in [9.17, 15) is 18.0 Å². The Bertz CT molecular complexity index is 1190. The van der Waals surface area contributed by atoms with Gasteiger partial charge in [-0.15, -0.1) is 0 Å². The molecule has 176 valence electrons. The second-order valence-corrected chi connectivity index (χ2v) is 8.81. The summed E-state index contributed by atoms with van der Waals surface area (Å²) in [5.74, 6) is 0.185. The van der Waals surface area contributed by atoms with Crippen molar-refractivity contribution in [2.75, 3.05) is 6.54 Å². The molecule has 34 heavy (non-hydrogen) atoms. The predicted octanol–water partition coefficient (Wildman–Crippen LogP) is 4.94. The first kappa shape index (κ1) is 22.3. The van der Waals surface area contributed by atoms with Crippen LogP contribution in [0, 0.1) is 12.8 Å². The summed E-state index contributed by atoms with van der Waals surface area (Å²) >= 11 is 0. The third-order valence-electron chi connectivity index (χ3n) is 6.60. The molecule has 3 aromatic rings. The topological polar surface area (TPSA) is 68.2 Å². The molecule has 2 bridgehead atoms. The van der Waals surface area contributed by atoms with E-state index in [0.717, 1.165) is 37.1 Å². The van der Waals surface area contributed by atoms with Crippen molar-refractivity contribution in [3.8, 4) is 17.1 Å². The predicted molar refractivity (Wildman–Crippen MR) is 118 cm³/mol. The number of rotatable bonds is 4. The Morgan fingerprint density at radius 1 is 1.06 bits per heavy atom. The summed E-state index contributed by atoms with van der Waals surface area (Å²) < 4.78 is 44.6. The van der Waals surface area contributed by atoms with E-state index in [1.165, 1.54) is 6.07 Å². The van der Waals surface area contributed by atoms with Gasteiger partial charge < -0.3 is 9.64 Å². The maximum Gasteiger partial charge on any atom is 0.417 e. The van der Waals surface area contributed by atoms with Gasteiger partial charge in [0.05, 0.1) is 17.3 Å². The van der Waals surface area contributed by atoms with Crippen molar-refractivity contribution in [1.29, 1.82) is 0 Å². The van der Waals surface area contributed by atoms with E-state index in [1.807, 2.05) is 31.2 Å². The summed E-state index contributed by atoms with van der Waals surface area (Å²) in [6.45, 7) is 2.52. The number of aromatic nitrogens is 3. The highest BCUT2D eigenvalue weighted by atomic mass is 19.4. The monoisotopic (exact) mass is 468 g/mol. The van der Waals surface area contributed by atoms with Crippen LogP contribution in [0.4, 0.5) is 13.2 Å². The normalized spacial score (nSPS) is 22.0. The lowest BCUT2D eigenvalue weighted by atomic mass is 9.77. The van der Waals surface area contributed by atoms with Crippen LogP contribution in [0.3, 0.4) is 0 Å². The van der Waals surface area contributed by atoms with Crippen molar-refractivity contribution in [1.82, 2.24) is 19.9 Å². The van der Waals surface area contributed by atoms with Crippen molar-refractivity contribution in [3.05, 3.63) is 71.8 Å². The highest BCUT2D eigenvalue weighted by molar-refractivity contribution is 5.99. The molecular weight excluding hydrogens is 445 g/mol. The lowest BCUT2D eigenvalue weighted by Gasteiger charge is -2.49. The van der Waals surface area contributed by atoms with Crippen LogP contribution >= 0.6 is 0 Å². The van der Waals surface area contributed by atoms with Crippen molar-refractivity contribution in [2.24, 2.45) is 5.92 Å². The summed E-state index contributed by atoms with van der Waals surface area (Å²) in [5, 5.41) is 0. The van der Waals surface area contributed by atoms with Crippen LogP contribution in [0.5, 0.6) is 5.88 Å². The second-order valence-electron chi connectivity index (χ2n) is 8.81. The Morgan fingerprint density at radius 3 is 2.59 bits per heavy atom. The molecular formula is C25H23F3N4O2. The van der Waals surface area contributed by atoms with E-state index in [0.29, 0.717) is 23.5 Å². The number of carbonyl (C=O) groups is 1. The summed E-state index contributed by atoms with van der Waals surface area (Å²) in [4.78, 5) is 28.2. The molecule has 0 radical (unpaired) electrons. The van der Waals surface area contributed by atoms with Crippen LogP contribution in [-0.4, -0.2) is 44.4 Å². The number of ether oxygens (including phenoxy) is 1. The Morgan fingerprint density at radius 2 is 1.91 bits per heavy atom. The molecule has 2 saturated heterocycles. The minimum atomic E-state index is -4.45. The van der Waals surface area contributed by atoms with Crippen molar-refractivity contribution >= 4 is 5.91 Å². The number of alkyl halides is 3. The number of amides is 1. The molecule has 3 fully saturated rings. The van der Waals surface area contributed by atoms with Gasteiger partial charge in [-0.05, 0) is 61.9 Å². The quantitative estimate of drug-likeness (QED) is 0.543.